The molecular formula is C6H6ClNO4S. The van der Waals surface area contributed by atoms with Crippen LogP contribution in [0.1, 0.15) is 0 Å². The largest absolute Gasteiger partial charge is 0.504 e. The minimum atomic E-state index is -4.42. The maximum atomic E-state index is 10.6. The zero-order valence-corrected chi connectivity index (χ0v) is 7.80. The summed E-state index contributed by atoms with van der Waals surface area (Å²) in [5, 5.41) is 8.63. The Morgan fingerprint density at radius 2 is 1.92 bits per heavy atom. The monoisotopic (exact) mass is 223 g/mol. The molecule has 0 amide bonds. The molecule has 0 heterocycles. The van der Waals surface area contributed by atoms with Gasteiger partial charge in [0.2, 0.25) is 0 Å². The molecule has 0 aromatic heterocycles. The molecule has 1 aromatic rings. The Morgan fingerprint density at radius 1 is 1.38 bits per heavy atom. The van der Waals surface area contributed by atoms with E-state index >= 15 is 0 Å². The first-order chi connectivity index (χ1) is 5.84. The van der Waals surface area contributed by atoms with Crippen LogP contribution in [0.3, 0.4) is 0 Å². The Morgan fingerprint density at radius 3 is 2.38 bits per heavy atom. The second-order valence-corrected chi connectivity index (χ2v) is 4.06. The van der Waals surface area contributed by atoms with Crippen molar-refractivity contribution >= 4 is 27.4 Å². The van der Waals surface area contributed by atoms with Gasteiger partial charge in [0.05, 0.1) is 5.69 Å². The van der Waals surface area contributed by atoms with Crippen molar-refractivity contribution in [2.75, 3.05) is 5.73 Å². The molecule has 13 heavy (non-hydrogen) atoms. The van der Waals surface area contributed by atoms with Crippen molar-refractivity contribution in [1.29, 1.82) is 0 Å². The number of anilines is 1. The van der Waals surface area contributed by atoms with Gasteiger partial charge in [0.15, 0.2) is 5.75 Å². The fraction of sp³-hybridized carbons (Fsp3) is 0. The molecule has 72 valence electrons. The third kappa shape index (κ3) is 1.85. The van der Waals surface area contributed by atoms with Gasteiger partial charge in [-0.05, 0) is 12.1 Å². The van der Waals surface area contributed by atoms with Gasteiger partial charge in [-0.3, -0.25) is 4.55 Å². The second kappa shape index (κ2) is 3.06. The summed E-state index contributed by atoms with van der Waals surface area (Å²) in [5.41, 5.74) is 5.16. The zero-order chi connectivity index (χ0) is 10.2. The highest BCUT2D eigenvalue weighted by Crippen LogP contribution is 2.34. The first-order valence-electron chi connectivity index (χ1n) is 3.08. The van der Waals surface area contributed by atoms with Crippen LogP contribution in [-0.2, 0) is 10.1 Å². The van der Waals surface area contributed by atoms with Gasteiger partial charge in [0.25, 0.3) is 10.1 Å². The number of benzene rings is 1. The summed E-state index contributed by atoms with van der Waals surface area (Å²) in [7, 11) is -4.42. The van der Waals surface area contributed by atoms with Crippen molar-refractivity contribution in [3.63, 3.8) is 0 Å². The van der Waals surface area contributed by atoms with E-state index in [2.05, 4.69) is 0 Å². The van der Waals surface area contributed by atoms with Gasteiger partial charge in [-0.2, -0.15) is 8.42 Å². The van der Waals surface area contributed by atoms with E-state index in [0.717, 1.165) is 12.1 Å². The van der Waals surface area contributed by atoms with Gasteiger partial charge in [0, 0.05) is 0 Å². The summed E-state index contributed by atoms with van der Waals surface area (Å²) in [4.78, 5) is -0.569. The van der Waals surface area contributed by atoms with Gasteiger partial charge >= 0.3 is 0 Å². The minimum absolute atomic E-state index is 0.0580. The van der Waals surface area contributed by atoms with Crippen molar-refractivity contribution in [2.24, 2.45) is 0 Å². The molecule has 0 radical (unpaired) electrons. The van der Waals surface area contributed by atoms with E-state index in [1.807, 2.05) is 0 Å². The summed E-state index contributed by atoms with van der Waals surface area (Å²) in [6.07, 6.45) is 0. The highest BCUT2D eigenvalue weighted by atomic mass is 35.5. The highest BCUT2D eigenvalue weighted by Gasteiger charge is 2.18. The Labute approximate surface area is 79.5 Å². The van der Waals surface area contributed by atoms with Gasteiger partial charge in [-0.1, -0.05) is 11.6 Å². The van der Waals surface area contributed by atoms with Gasteiger partial charge in [0.1, 0.15) is 9.92 Å². The van der Waals surface area contributed by atoms with Crippen LogP contribution in [0.15, 0.2) is 17.0 Å². The summed E-state index contributed by atoms with van der Waals surface area (Å²) in [6.45, 7) is 0. The lowest BCUT2D eigenvalue weighted by Gasteiger charge is -2.04. The molecule has 0 bridgehead atoms. The fourth-order valence-electron chi connectivity index (χ4n) is 0.760. The lowest BCUT2D eigenvalue weighted by Crippen LogP contribution is -2.00. The molecule has 0 fully saturated rings. The summed E-state index contributed by atoms with van der Waals surface area (Å²) in [6, 6.07) is 2.14. The fourth-order valence-corrected chi connectivity index (χ4v) is 1.79. The predicted octanol–water partition coefficient (Wildman–Crippen LogP) is 0.875. The van der Waals surface area contributed by atoms with Crippen LogP contribution in [0.4, 0.5) is 5.69 Å². The molecule has 0 atom stereocenters. The molecule has 4 N–H and O–H groups in total. The maximum absolute atomic E-state index is 10.6. The molecular weight excluding hydrogens is 218 g/mol. The van der Waals surface area contributed by atoms with Gasteiger partial charge in [-0.25, -0.2) is 0 Å². The van der Waals surface area contributed by atoms with Crippen LogP contribution < -0.4 is 5.73 Å². The maximum Gasteiger partial charge on any atom is 0.296 e. The molecule has 0 aliphatic rings. The molecule has 0 aliphatic heterocycles. The molecule has 1 rings (SSSR count). The van der Waals surface area contributed by atoms with E-state index in [1.165, 1.54) is 0 Å². The average Bonchev–Trinajstić information content (AvgIpc) is 1.98. The number of nitrogen functional groups attached to an aromatic ring is 1. The normalized spacial score (nSPS) is 11.5. The topological polar surface area (TPSA) is 101 Å². The Balaban J connectivity index is 3.53. The quantitative estimate of drug-likeness (QED) is 0.373. The summed E-state index contributed by atoms with van der Waals surface area (Å²) >= 11 is 5.41. The second-order valence-electron chi connectivity index (χ2n) is 2.29. The number of hydrogen-bond acceptors (Lipinski definition) is 4. The van der Waals surface area contributed by atoms with Crippen molar-refractivity contribution in [3.8, 4) is 5.75 Å². The van der Waals surface area contributed by atoms with E-state index in [9.17, 15) is 8.42 Å². The Hall–Kier alpha value is -0.980. The molecule has 0 unspecified atom stereocenters. The van der Waals surface area contributed by atoms with E-state index in [0.29, 0.717) is 0 Å². The molecule has 7 heteroatoms. The van der Waals surface area contributed by atoms with Crippen LogP contribution in [0.2, 0.25) is 5.02 Å². The van der Waals surface area contributed by atoms with Crippen LogP contribution in [-0.4, -0.2) is 18.1 Å². The third-order valence-corrected chi connectivity index (χ3v) is 2.78. The van der Waals surface area contributed by atoms with Crippen molar-refractivity contribution in [3.05, 3.63) is 17.2 Å². The van der Waals surface area contributed by atoms with Crippen molar-refractivity contribution < 1.29 is 18.1 Å². The lowest BCUT2D eigenvalue weighted by atomic mass is 10.3. The molecule has 0 aliphatic carbocycles. The van der Waals surface area contributed by atoms with Crippen LogP contribution in [0.5, 0.6) is 5.75 Å². The van der Waals surface area contributed by atoms with Crippen LogP contribution in [0, 0.1) is 0 Å². The molecule has 5 nitrogen and oxygen atoms in total. The predicted molar refractivity (Wildman–Crippen MR) is 47.3 cm³/mol. The summed E-state index contributed by atoms with van der Waals surface area (Å²) in [5.74, 6) is -0.559. The van der Waals surface area contributed by atoms with E-state index < -0.39 is 25.8 Å². The van der Waals surface area contributed by atoms with Gasteiger partial charge in [-0.15, -0.1) is 0 Å². The Bertz CT molecular complexity index is 442. The smallest absolute Gasteiger partial charge is 0.296 e. The molecule has 0 saturated carbocycles. The zero-order valence-electron chi connectivity index (χ0n) is 6.23. The minimum Gasteiger partial charge on any atom is -0.504 e. The number of phenolic OH excluding ortho intramolecular Hbond substituents is 1. The van der Waals surface area contributed by atoms with E-state index in [-0.39, 0.29) is 5.69 Å². The number of nitrogens with two attached hydrogens (primary N) is 1. The molecule has 0 spiro atoms. The van der Waals surface area contributed by atoms with E-state index in [1.54, 1.807) is 0 Å². The highest BCUT2D eigenvalue weighted by molar-refractivity contribution is 7.86. The van der Waals surface area contributed by atoms with Crippen LogP contribution in [0.25, 0.3) is 0 Å². The third-order valence-electron chi connectivity index (χ3n) is 1.39. The number of rotatable bonds is 1. The number of hydrogen-bond donors (Lipinski definition) is 3. The first-order valence-corrected chi connectivity index (χ1v) is 4.90. The van der Waals surface area contributed by atoms with E-state index in [4.69, 9.17) is 27.0 Å². The van der Waals surface area contributed by atoms with Crippen molar-refractivity contribution in [2.45, 2.75) is 4.90 Å². The first kappa shape index (κ1) is 10.1. The Kier molecular flexibility index (Phi) is 2.38. The van der Waals surface area contributed by atoms with Crippen LogP contribution >= 0.6 is 11.6 Å². The average molecular weight is 224 g/mol. The van der Waals surface area contributed by atoms with Gasteiger partial charge < -0.3 is 10.8 Å². The molecule has 0 saturated heterocycles. The summed E-state index contributed by atoms with van der Waals surface area (Å²) < 4.78 is 29.9. The number of halogens is 1. The molecule has 1 aromatic carbocycles. The SMILES string of the molecule is Nc1ccc(S(=O)(=O)O)c(Cl)c1O. The lowest BCUT2D eigenvalue weighted by molar-refractivity contribution is 0.468. The van der Waals surface area contributed by atoms with Crippen molar-refractivity contribution in [1.82, 2.24) is 0 Å². The number of aromatic hydroxyl groups is 1. The number of phenols is 1. The standard InChI is InChI=1S/C6H6ClNO4S/c7-5-4(13(10,11)12)2-1-3(8)6(5)9/h1-2,9H,8H2,(H,10,11,12).